The lowest BCUT2D eigenvalue weighted by atomic mass is 10.3. The standard InChI is InChI=1S/C12H12N2O3S/c15-11(16)5-6-18-7-10-12(17)14-9-4-2-1-3-8(9)13-10/h1-4H,5-7H2,(H,14,17)(H,15,16). The molecule has 1 aromatic heterocycles. The van der Waals surface area contributed by atoms with Crippen LogP contribution in [0.3, 0.4) is 0 Å². The van der Waals surface area contributed by atoms with E-state index in [9.17, 15) is 9.59 Å². The molecule has 0 spiro atoms. The van der Waals surface area contributed by atoms with Crippen molar-refractivity contribution in [1.82, 2.24) is 9.97 Å². The highest BCUT2D eigenvalue weighted by Crippen LogP contribution is 2.11. The Bertz CT molecular complexity index is 624. The summed E-state index contributed by atoms with van der Waals surface area (Å²) in [6.45, 7) is 0. The SMILES string of the molecule is O=C(O)CCSCc1nc2ccccc2[nH]c1=O. The fraction of sp³-hybridized carbons (Fsp3) is 0.250. The summed E-state index contributed by atoms with van der Waals surface area (Å²) in [7, 11) is 0. The Morgan fingerprint density at radius 3 is 2.94 bits per heavy atom. The molecule has 0 atom stereocenters. The highest BCUT2D eigenvalue weighted by atomic mass is 32.2. The molecule has 0 saturated carbocycles. The van der Waals surface area contributed by atoms with E-state index in [0.717, 1.165) is 5.52 Å². The van der Waals surface area contributed by atoms with Gasteiger partial charge >= 0.3 is 5.97 Å². The van der Waals surface area contributed by atoms with Crippen LogP contribution in [-0.2, 0) is 10.5 Å². The molecule has 0 radical (unpaired) electrons. The largest absolute Gasteiger partial charge is 0.481 e. The van der Waals surface area contributed by atoms with Crippen molar-refractivity contribution in [3.05, 3.63) is 40.3 Å². The minimum absolute atomic E-state index is 0.0934. The first kappa shape index (κ1) is 12.6. The third-order valence-corrected chi connectivity index (χ3v) is 3.34. The molecule has 0 amide bonds. The van der Waals surface area contributed by atoms with Crippen LogP contribution in [0.15, 0.2) is 29.1 Å². The fourth-order valence-corrected chi connectivity index (χ4v) is 2.35. The number of carbonyl (C=O) groups is 1. The van der Waals surface area contributed by atoms with Gasteiger partial charge in [0, 0.05) is 11.5 Å². The average molecular weight is 264 g/mol. The number of hydrogen-bond acceptors (Lipinski definition) is 4. The number of hydrogen-bond donors (Lipinski definition) is 2. The third kappa shape index (κ3) is 3.10. The average Bonchev–Trinajstić information content (AvgIpc) is 2.34. The summed E-state index contributed by atoms with van der Waals surface area (Å²) in [5.74, 6) is 0.0689. The van der Waals surface area contributed by atoms with Crippen LogP contribution in [0.25, 0.3) is 11.0 Å². The van der Waals surface area contributed by atoms with Crippen LogP contribution >= 0.6 is 11.8 Å². The van der Waals surface area contributed by atoms with Crippen molar-refractivity contribution in [3.63, 3.8) is 0 Å². The van der Waals surface area contributed by atoms with E-state index in [0.29, 0.717) is 22.7 Å². The summed E-state index contributed by atoms with van der Waals surface area (Å²) >= 11 is 1.39. The number of thioether (sulfide) groups is 1. The van der Waals surface area contributed by atoms with Gasteiger partial charge in [-0.05, 0) is 12.1 Å². The quantitative estimate of drug-likeness (QED) is 0.802. The van der Waals surface area contributed by atoms with Gasteiger partial charge in [0.2, 0.25) is 0 Å². The Balaban J connectivity index is 2.11. The molecule has 1 aromatic carbocycles. The first-order valence-electron chi connectivity index (χ1n) is 5.44. The molecule has 1 heterocycles. The number of para-hydroxylation sites is 2. The second-order valence-corrected chi connectivity index (χ2v) is 4.83. The number of fused-ring (bicyclic) bond motifs is 1. The normalized spacial score (nSPS) is 10.7. The molecular formula is C12H12N2O3S. The van der Waals surface area contributed by atoms with Crippen LogP contribution in [0.5, 0.6) is 0 Å². The van der Waals surface area contributed by atoms with E-state index in [4.69, 9.17) is 5.11 Å². The van der Waals surface area contributed by atoms with Crippen molar-refractivity contribution in [2.45, 2.75) is 12.2 Å². The van der Waals surface area contributed by atoms with Crippen LogP contribution in [-0.4, -0.2) is 26.8 Å². The monoisotopic (exact) mass is 264 g/mol. The van der Waals surface area contributed by atoms with Gasteiger partial charge < -0.3 is 10.1 Å². The zero-order chi connectivity index (χ0) is 13.0. The number of carboxylic acids is 1. The van der Waals surface area contributed by atoms with Crippen LogP contribution in [0.4, 0.5) is 0 Å². The smallest absolute Gasteiger partial charge is 0.304 e. The van der Waals surface area contributed by atoms with Crippen molar-refractivity contribution in [1.29, 1.82) is 0 Å². The second-order valence-electron chi connectivity index (χ2n) is 3.73. The maximum atomic E-state index is 11.7. The van der Waals surface area contributed by atoms with E-state index < -0.39 is 5.97 Å². The molecule has 0 unspecified atom stereocenters. The summed E-state index contributed by atoms with van der Waals surface area (Å²) in [5, 5.41) is 8.51. The zero-order valence-corrected chi connectivity index (χ0v) is 10.4. The lowest BCUT2D eigenvalue weighted by molar-refractivity contribution is -0.136. The molecular weight excluding hydrogens is 252 g/mol. The van der Waals surface area contributed by atoms with Gasteiger partial charge in [-0.1, -0.05) is 12.1 Å². The molecule has 0 saturated heterocycles. The van der Waals surface area contributed by atoms with Crippen molar-refractivity contribution in [2.24, 2.45) is 0 Å². The van der Waals surface area contributed by atoms with Crippen LogP contribution < -0.4 is 5.56 Å². The summed E-state index contributed by atoms with van der Waals surface area (Å²) in [4.78, 5) is 29.1. The molecule has 6 heteroatoms. The first-order valence-corrected chi connectivity index (χ1v) is 6.60. The van der Waals surface area contributed by atoms with Gasteiger partial charge in [-0.15, -0.1) is 0 Å². The summed E-state index contributed by atoms with van der Waals surface area (Å²) in [6.07, 6.45) is 0.0934. The molecule has 5 nitrogen and oxygen atoms in total. The molecule has 2 rings (SSSR count). The lowest BCUT2D eigenvalue weighted by Crippen LogP contribution is -2.14. The van der Waals surface area contributed by atoms with Gasteiger partial charge in [0.15, 0.2) is 0 Å². The number of nitrogens with one attached hydrogen (secondary N) is 1. The van der Waals surface area contributed by atoms with E-state index in [2.05, 4.69) is 9.97 Å². The van der Waals surface area contributed by atoms with Crippen LogP contribution in [0, 0.1) is 0 Å². The second kappa shape index (κ2) is 5.68. The number of H-pyrrole nitrogens is 1. The van der Waals surface area contributed by atoms with E-state index in [-0.39, 0.29) is 12.0 Å². The molecule has 2 N–H and O–H groups in total. The van der Waals surface area contributed by atoms with Gasteiger partial charge in [-0.2, -0.15) is 11.8 Å². The molecule has 18 heavy (non-hydrogen) atoms. The minimum Gasteiger partial charge on any atom is -0.481 e. The summed E-state index contributed by atoms with van der Waals surface area (Å²) in [6, 6.07) is 7.32. The number of rotatable bonds is 5. The van der Waals surface area contributed by atoms with Gasteiger partial charge in [-0.3, -0.25) is 9.59 Å². The number of carboxylic acid groups (broad SMARTS) is 1. The van der Waals surface area contributed by atoms with Gasteiger partial charge in [0.05, 0.1) is 17.5 Å². The lowest BCUT2D eigenvalue weighted by Gasteiger charge is -2.01. The predicted molar refractivity (Wildman–Crippen MR) is 70.8 cm³/mol. The van der Waals surface area contributed by atoms with E-state index in [1.165, 1.54) is 11.8 Å². The number of aliphatic carboxylic acids is 1. The fourth-order valence-electron chi connectivity index (χ4n) is 1.49. The number of aromatic nitrogens is 2. The Morgan fingerprint density at radius 1 is 1.39 bits per heavy atom. The number of aromatic amines is 1. The molecule has 0 aliphatic carbocycles. The molecule has 0 fully saturated rings. The summed E-state index contributed by atoms with van der Waals surface area (Å²) < 4.78 is 0. The first-order chi connectivity index (χ1) is 8.66. The van der Waals surface area contributed by atoms with Crippen molar-refractivity contribution in [3.8, 4) is 0 Å². The Labute approximate surface area is 107 Å². The highest BCUT2D eigenvalue weighted by molar-refractivity contribution is 7.98. The van der Waals surface area contributed by atoms with Crippen LogP contribution in [0.2, 0.25) is 0 Å². The maximum absolute atomic E-state index is 11.7. The van der Waals surface area contributed by atoms with Crippen molar-refractivity contribution in [2.75, 3.05) is 5.75 Å². The molecule has 0 aliphatic rings. The molecule has 2 aromatic rings. The van der Waals surface area contributed by atoms with Gasteiger partial charge in [0.1, 0.15) is 5.69 Å². The Morgan fingerprint density at radius 2 is 2.17 bits per heavy atom. The predicted octanol–water partition coefficient (Wildman–Crippen LogP) is 1.63. The molecule has 0 bridgehead atoms. The summed E-state index contributed by atoms with van der Waals surface area (Å²) in [5.41, 5.74) is 1.67. The van der Waals surface area contributed by atoms with E-state index in [1.807, 2.05) is 18.2 Å². The Kier molecular flexibility index (Phi) is 3.99. The third-order valence-electron chi connectivity index (χ3n) is 2.37. The maximum Gasteiger partial charge on any atom is 0.304 e. The van der Waals surface area contributed by atoms with Crippen molar-refractivity contribution >= 4 is 28.8 Å². The molecule has 94 valence electrons. The van der Waals surface area contributed by atoms with Crippen molar-refractivity contribution < 1.29 is 9.90 Å². The minimum atomic E-state index is -0.831. The van der Waals surface area contributed by atoms with Crippen LogP contribution in [0.1, 0.15) is 12.1 Å². The van der Waals surface area contributed by atoms with Gasteiger partial charge in [-0.25, -0.2) is 4.98 Å². The topological polar surface area (TPSA) is 83.0 Å². The number of nitrogens with zero attached hydrogens (tertiary/aromatic N) is 1. The van der Waals surface area contributed by atoms with E-state index >= 15 is 0 Å². The van der Waals surface area contributed by atoms with Gasteiger partial charge in [0.25, 0.3) is 5.56 Å². The van der Waals surface area contributed by atoms with E-state index in [1.54, 1.807) is 6.07 Å². The Hall–Kier alpha value is -1.82. The molecule has 0 aliphatic heterocycles. The number of benzene rings is 1. The highest BCUT2D eigenvalue weighted by Gasteiger charge is 2.05. The zero-order valence-electron chi connectivity index (χ0n) is 9.55.